The third-order valence-electron chi connectivity index (χ3n) is 4.58. The van der Waals surface area contributed by atoms with Crippen molar-refractivity contribution in [1.29, 1.82) is 0 Å². The summed E-state index contributed by atoms with van der Waals surface area (Å²) >= 11 is 5.75. The molecule has 0 bridgehead atoms. The van der Waals surface area contributed by atoms with Crippen LogP contribution in [0.4, 0.5) is 4.39 Å². The summed E-state index contributed by atoms with van der Waals surface area (Å²) < 4.78 is 13.9. The Morgan fingerprint density at radius 3 is 2.68 bits per heavy atom. The molecule has 2 amide bonds. The highest BCUT2D eigenvalue weighted by atomic mass is 35.5. The van der Waals surface area contributed by atoms with E-state index in [1.807, 2.05) is 6.92 Å². The monoisotopic (exact) mass is 408 g/mol. The lowest BCUT2D eigenvalue weighted by Crippen LogP contribution is -2.45. The van der Waals surface area contributed by atoms with Gasteiger partial charge < -0.3 is 20.9 Å². The molecular weight excluding hydrogens is 383 g/mol. The van der Waals surface area contributed by atoms with Gasteiger partial charge in [0.2, 0.25) is 11.8 Å². The Labute approximate surface area is 169 Å². The van der Waals surface area contributed by atoms with E-state index < -0.39 is 5.82 Å². The van der Waals surface area contributed by atoms with Crippen LogP contribution in [0.15, 0.2) is 42.9 Å². The van der Waals surface area contributed by atoms with E-state index in [4.69, 9.17) is 17.3 Å². The van der Waals surface area contributed by atoms with Crippen molar-refractivity contribution in [3.05, 3.63) is 59.3 Å². The molecular formula is C20H26ClFN4O2. The SMILES string of the molecule is C=CN(CC(=O)N(CC(=O)NCc1cccc(Cl)c1F)C1CC1)/C(=C/N)CC. The molecule has 6 nitrogen and oxygen atoms in total. The lowest BCUT2D eigenvalue weighted by Gasteiger charge is -2.27. The van der Waals surface area contributed by atoms with E-state index in [2.05, 4.69) is 11.9 Å². The van der Waals surface area contributed by atoms with E-state index in [-0.39, 0.29) is 42.5 Å². The van der Waals surface area contributed by atoms with Gasteiger partial charge in [0, 0.05) is 30.0 Å². The lowest BCUT2D eigenvalue weighted by atomic mass is 10.2. The number of hydrogen-bond donors (Lipinski definition) is 2. The topological polar surface area (TPSA) is 78.7 Å². The number of nitrogens with zero attached hydrogens (tertiary/aromatic N) is 2. The van der Waals surface area contributed by atoms with Crippen molar-refractivity contribution in [2.75, 3.05) is 13.1 Å². The zero-order chi connectivity index (χ0) is 20.7. The highest BCUT2D eigenvalue weighted by molar-refractivity contribution is 6.30. The second-order valence-corrected chi connectivity index (χ2v) is 6.97. The molecule has 8 heteroatoms. The number of carbonyl (C=O) groups is 2. The van der Waals surface area contributed by atoms with Crippen LogP contribution in [-0.4, -0.2) is 40.7 Å². The number of carbonyl (C=O) groups excluding carboxylic acids is 2. The van der Waals surface area contributed by atoms with Crippen LogP contribution < -0.4 is 11.1 Å². The number of nitrogens with two attached hydrogens (primary N) is 1. The van der Waals surface area contributed by atoms with Gasteiger partial charge >= 0.3 is 0 Å². The Hall–Kier alpha value is -2.54. The highest BCUT2D eigenvalue weighted by Gasteiger charge is 2.34. The maximum absolute atomic E-state index is 13.9. The number of nitrogens with one attached hydrogen (secondary N) is 1. The van der Waals surface area contributed by atoms with Gasteiger partial charge in [-0.15, -0.1) is 0 Å². The molecule has 1 aliphatic rings. The third-order valence-corrected chi connectivity index (χ3v) is 4.87. The fourth-order valence-corrected chi connectivity index (χ4v) is 3.03. The first kappa shape index (κ1) is 21.8. The zero-order valence-corrected chi connectivity index (χ0v) is 16.7. The first-order valence-corrected chi connectivity index (χ1v) is 9.58. The predicted octanol–water partition coefficient (Wildman–Crippen LogP) is 2.74. The zero-order valence-electron chi connectivity index (χ0n) is 16.0. The van der Waals surface area contributed by atoms with E-state index in [1.165, 1.54) is 12.3 Å². The summed E-state index contributed by atoms with van der Waals surface area (Å²) in [5.74, 6) is -1.09. The molecule has 0 aliphatic heterocycles. The molecule has 2 rings (SSSR count). The first-order valence-electron chi connectivity index (χ1n) is 9.20. The molecule has 0 heterocycles. The molecule has 152 valence electrons. The number of hydrogen-bond acceptors (Lipinski definition) is 4. The predicted molar refractivity (Wildman–Crippen MR) is 107 cm³/mol. The summed E-state index contributed by atoms with van der Waals surface area (Å²) in [4.78, 5) is 28.3. The van der Waals surface area contributed by atoms with Gasteiger partial charge in [0.05, 0.1) is 11.6 Å². The van der Waals surface area contributed by atoms with Crippen LogP contribution in [0, 0.1) is 5.82 Å². The lowest BCUT2D eigenvalue weighted by molar-refractivity contribution is -0.136. The van der Waals surface area contributed by atoms with E-state index >= 15 is 0 Å². The Balaban J connectivity index is 1.96. The van der Waals surface area contributed by atoms with Crippen LogP contribution in [0.2, 0.25) is 5.02 Å². The number of benzene rings is 1. The van der Waals surface area contributed by atoms with E-state index in [0.717, 1.165) is 18.5 Å². The van der Waals surface area contributed by atoms with Crippen LogP contribution in [-0.2, 0) is 16.1 Å². The minimum absolute atomic E-state index is 0.00531. The summed E-state index contributed by atoms with van der Waals surface area (Å²) in [5, 5.41) is 2.66. The van der Waals surface area contributed by atoms with Crippen molar-refractivity contribution in [2.45, 2.75) is 38.8 Å². The number of amides is 2. The average Bonchev–Trinajstić information content (AvgIpc) is 3.52. The molecule has 28 heavy (non-hydrogen) atoms. The minimum atomic E-state index is -0.554. The van der Waals surface area contributed by atoms with Gasteiger partial charge in [-0.1, -0.05) is 37.2 Å². The van der Waals surface area contributed by atoms with Crippen LogP contribution >= 0.6 is 11.6 Å². The highest BCUT2D eigenvalue weighted by Crippen LogP contribution is 2.27. The van der Waals surface area contributed by atoms with Gasteiger partial charge in [0.1, 0.15) is 12.4 Å². The van der Waals surface area contributed by atoms with Gasteiger partial charge in [0.25, 0.3) is 0 Å². The number of rotatable bonds is 10. The molecule has 1 saturated carbocycles. The minimum Gasteiger partial charge on any atom is -0.403 e. The van der Waals surface area contributed by atoms with Crippen LogP contribution in [0.1, 0.15) is 31.7 Å². The molecule has 1 aliphatic carbocycles. The maximum atomic E-state index is 13.9. The van der Waals surface area contributed by atoms with Crippen molar-refractivity contribution >= 4 is 23.4 Å². The van der Waals surface area contributed by atoms with Crippen LogP contribution in [0.3, 0.4) is 0 Å². The van der Waals surface area contributed by atoms with E-state index in [1.54, 1.807) is 28.1 Å². The summed E-state index contributed by atoms with van der Waals surface area (Å²) in [5.41, 5.74) is 6.67. The Kier molecular flexibility index (Phi) is 7.87. The number of halogens is 2. The quantitative estimate of drug-likeness (QED) is 0.624. The molecule has 0 unspecified atom stereocenters. The molecule has 1 aromatic rings. The van der Waals surface area contributed by atoms with Crippen molar-refractivity contribution < 1.29 is 14.0 Å². The molecule has 0 atom stereocenters. The molecule has 0 aromatic heterocycles. The maximum Gasteiger partial charge on any atom is 0.243 e. The summed E-state index contributed by atoms with van der Waals surface area (Å²) in [6, 6.07) is 4.67. The fourth-order valence-electron chi connectivity index (χ4n) is 2.83. The van der Waals surface area contributed by atoms with Crippen LogP contribution in [0.5, 0.6) is 0 Å². The van der Waals surface area contributed by atoms with Gasteiger partial charge in [-0.3, -0.25) is 9.59 Å². The second kappa shape index (κ2) is 10.1. The molecule has 3 N–H and O–H groups in total. The Bertz CT molecular complexity index is 765. The normalized spacial score (nSPS) is 13.8. The Morgan fingerprint density at radius 1 is 1.39 bits per heavy atom. The molecule has 1 fully saturated rings. The Morgan fingerprint density at radius 2 is 2.11 bits per heavy atom. The van der Waals surface area contributed by atoms with Crippen molar-refractivity contribution in [3.8, 4) is 0 Å². The molecule has 0 saturated heterocycles. The van der Waals surface area contributed by atoms with Crippen LogP contribution in [0.25, 0.3) is 0 Å². The fraction of sp³-hybridized carbons (Fsp3) is 0.400. The average molecular weight is 409 g/mol. The van der Waals surface area contributed by atoms with E-state index in [9.17, 15) is 14.0 Å². The van der Waals surface area contributed by atoms with Gasteiger partial charge in [-0.2, -0.15) is 0 Å². The second-order valence-electron chi connectivity index (χ2n) is 6.56. The van der Waals surface area contributed by atoms with Gasteiger partial charge in [0.15, 0.2) is 0 Å². The van der Waals surface area contributed by atoms with Crippen molar-refractivity contribution in [1.82, 2.24) is 15.1 Å². The largest absolute Gasteiger partial charge is 0.403 e. The summed E-state index contributed by atoms with van der Waals surface area (Å²) in [6.45, 7) is 5.64. The molecule has 0 radical (unpaired) electrons. The first-order chi connectivity index (χ1) is 13.4. The summed E-state index contributed by atoms with van der Waals surface area (Å²) in [6.07, 6.45) is 5.38. The van der Waals surface area contributed by atoms with Crippen molar-refractivity contribution in [3.63, 3.8) is 0 Å². The van der Waals surface area contributed by atoms with Gasteiger partial charge in [-0.25, -0.2) is 4.39 Å². The smallest absolute Gasteiger partial charge is 0.243 e. The van der Waals surface area contributed by atoms with Gasteiger partial charge in [-0.05, 0) is 31.5 Å². The van der Waals surface area contributed by atoms with Crippen molar-refractivity contribution in [2.24, 2.45) is 5.73 Å². The standard InChI is InChI=1S/C20H26ClFN4O2/c1-3-15(10-23)25(4-2)13-19(28)26(16-8-9-16)12-18(27)24-11-14-6-5-7-17(21)20(14)22/h4-7,10,16H,2-3,8-9,11-13,23H2,1H3,(H,24,27)/b15-10+. The number of allylic oxidation sites excluding steroid dienone is 1. The third kappa shape index (κ3) is 5.73. The molecule has 0 spiro atoms. The van der Waals surface area contributed by atoms with E-state index in [0.29, 0.717) is 12.0 Å². The summed E-state index contributed by atoms with van der Waals surface area (Å²) in [7, 11) is 0. The molecule has 1 aromatic carbocycles.